The summed E-state index contributed by atoms with van der Waals surface area (Å²) in [6.07, 6.45) is 3.91. The molecule has 1 saturated carbocycles. The molecule has 2 heterocycles. The van der Waals surface area contributed by atoms with Crippen molar-refractivity contribution in [3.05, 3.63) is 22.7 Å². The molecule has 1 fully saturated rings. The van der Waals surface area contributed by atoms with Gasteiger partial charge in [0.05, 0.1) is 5.92 Å². The molecule has 0 bridgehead atoms. The van der Waals surface area contributed by atoms with Crippen molar-refractivity contribution in [3.63, 3.8) is 0 Å². The number of furan rings is 1. The van der Waals surface area contributed by atoms with Gasteiger partial charge in [-0.05, 0) is 65.1 Å². The van der Waals surface area contributed by atoms with Crippen molar-refractivity contribution in [1.82, 2.24) is 10.2 Å². The van der Waals surface area contributed by atoms with Crippen LogP contribution in [0.3, 0.4) is 0 Å². The van der Waals surface area contributed by atoms with Gasteiger partial charge < -0.3 is 13.6 Å². The molecular weight excluding hydrogens is 388 g/mol. The first kappa shape index (κ1) is 18.2. The van der Waals surface area contributed by atoms with E-state index in [4.69, 9.17) is 13.6 Å². The molecule has 2 aromatic heterocycles. The van der Waals surface area contributed by atoms with Crippen LogP contribution < -0.4 is 0 Å². The van der Waals surface area contributed by atoms with Gasteiger partial charge in [0.2, 0.25) is 0 Å². The highest BCUT2D eigenvalue weighted by molar-refractivity contribution is 9.10. The van der Waals surface area contributed by atoms with E-state index < -0.39 is 0 Å². The van der Waals surface area contributed by atoms with Crippen LogP contribution in [-0.4, -0.2) is 16.2 Å². The Morgan fingerprint density at radius 2 is 1.92 bits per heavy atom. The second-order valence-corrected chi connectivity index (χ2v) is 8.41. The zero-order valence-corrected chi connectivity index (χ0v) is 16.3. The monoisotopic (exact) mass is 410 g/mol. The van der Waals surface area contributed by atoms with E-state index in [1.54, 1.807) is 12.1 Å². The first-order valence-electron chi connectivity index (χ1n) is 8.57. The number of aromatic nitrogens is 2. The molecule has 0 unspecified atom stereocenters. The van der Waals surface area contributed by atoms with Crippen LogP contribution in [-0.2, 0) is 16.1 Å². The van der Waals surface area contributed by atoms with Crippen LogP contribution in [0.5, 0.6) is 0 Å². The van der Waals surface area contributed by atoms with Crippen molar-refractivity contribution in [2.24, 2.45) is 17.3 Å². The predicted molar refractivity (Wildman–Crippen MR) is 94.4 cm³/mol. The van der Waals surface area contributed by atoms with Crippen molar-refractivity contribution in [1.29, 1.82) is 0 Å². The van der Waals surface area contributed by atoms with E-state index in [9.17, 15) is 4.79 Å². The average molecular weight is 411 g/mol. The van der Waals surface area contributed by atoms with Crippen LogP contribution in [0.1, 0.15) is 52.3 Å². The molecule has 7 heteroatoms. The largest absolute Gasteiger partial charge is 0.455 e. The average Bonchev–Trinajstić information content (AvgIpc) is 3.20. The van der Waals surface area contributed by atoms with Gasteiger partial charge in [-0.15, -0.1) is 10.2 Å². The highest BCUT2D eigenvalue weighted by Gasteiger charge is 2.33. The Hall–Kier alpha value is -1.63. The fraction of sp³-hybridized carbons (Fsp3) is 0.611. The highest BCUT2D eigenvalue weighted by Crippen LogP contribution is 2.40. The summed E-state index contributed by atoms with van der Waals surface area (Å²) in [5.74, 6) is 1.47. The topological polar surface area (TPSA) is 78.4 Å². The van der Waals surface area contributed by atoms with E-state index in [1.807, 2.05) is 0 Å². The molecule has 0 aliphatic heterocycles. The van der Waals surface area contributed by atoms with Gasteiger partial charge in [-0.2, -0.15) is 0 Å². The van der Waals surface area contributed by atoms with Crippen LogP contribution >= 0.6 is 15.9 Å². The lowest BCUT2D eigenvalue weighted by Crippen LogP contribution is -2.29. The number of rotatable bonds is 4. The van der Waals surface area contributed by atoms with Gasteiger partial charge in [0.15, 0.2) is 17.0 Å². The summed E-state index contributed by atoms with van der Waals surface area (Å²) in [7, 11) is 0. The number of carbonyl (C=O) groups excluding carboxylic acids is 1. The minimum Gasteiger partial charge on any atom is -0.455 e. The Kier molecular flexibility index (Phi) is 5.32. The summed E-state index contributed by atoms with van der Waals surface area (Å²) < 4.78 is 16.8. The molecule has 0 N–H and O–H groups in total. The summed E-state index contributed by atoms with van der Waals surface area (Å²) in [6, 6.07) is 3.47. The lowest BCUT2D eigenvalue weighted by molar-refractivity contribution is -0.152. The molecule has 0 saturated heterocycles. The molecule has 0 amide bonds. The third kappa shape index (κ3) is 4.51. The standard InChI is InChI=1S/C18H23BrN2O4/c1-18(2,3)12-6-4-11(5-7-12)17(22)23-10-15-20-21-16(25-15)13-8-9-14(19)24-13/h8-9,11-12H,4-7,10H2,1-3H3. The van der Waals surface area contributed by atoms with E-state index in [2.05, 4.69) is 46.9 Å². The van der Waals surface area contributed by atoms with E-state index in [-0.39, 0.29) is 30.3 Å². The summed E-state index contributed by atoms with van der Waals surface area (Å²) in [4.78, 5) is 12.3. The smallest absolute Gasteiger partial charge is 0.309 e. The maximum atomic E-state index is 12.3. The molecule has 0 atom stereocenters. The summed E-state index contributed by atoms with van der Waals surface area (Å²) >= 11 is 3.22. The van der Waals surface area contributed by atoms with Crippen LogP contribution in [0.4, 0.5) is 0 Å². The molecular formula is C18H23BrN2O4. The summed E-state index contributed by atoms with van der Waals surface area (Å²) in [6.45, 7) is 6.79. The molecule has 0 aromatic carbocycles. The third-order valence-corrected chi connectivity index (χ3v) is 5.30. The molecule has 0 spiro atoms. The van der Waals surface area contributed by atoms with Crippen molar-refractivity contribution < 1.29 is 18.4 Å². The molecule has 6 nitrogen and oxygen atoms in total. The Balaban J connectivity index is 1.49. The number of carbonyl (C=O) groups is 1. The van der Waals surface area contributed by atoms with Crippen molar-refractivity contribution in [3.8, 4) is 11.7 Å². The number of hydrogen-bond donors (Lipinski definition) is 0. The molecule has 3 rings (SSSR count). The minimum absolute atomic E-state index is 0.00703. The van der Waals surface area contributed by atoms with Crippen molar-refractivity contribution in [2.45, 2.75) is 53.1 Å². The van der Waals surface area contributed by atoms with E-state index in [1.165, 1.54) is 0 Å². The van der Waals surface area contributed by atoms with E-state index >= 15 is 0 Å². The van der Waals surface area contributed by atoms with Gasteiger partial charge in [-0.3, -0.25) is 4.79 Å². The zero-order valence-electron chi connectivity index (χ0n) is 14.8. The van der Waals surface area contributed by atoms with Crippen molar-refractivity contribution >= 4 is 21.9 Å². The van der Waals surface area contributed by atoms with Gasteiger partial charge in [-0.1, -0.05) is 20.8 Å². The number of ether oxygens (including phenoxy) is 1. The van der Waals surface area contributed by atoms with Gasteiger partial charge >= 0.3 is 5.97 Å². The van der Waals surface area contributed by atoms with Crippen LogP contribution in [0.2, 0.25) is 0 Å². The fourth-order valence-corrected chi connectivity index (χ4v) is 3.59. The summed E-state index contributed by atoms with van der Waals surface area (Å²) in [5.41, 5.74) is 0.301. The van der Waals surface area contributed by atoms with E-state index in [0.717, 1.165) is 25.7 Å². The Labute approximate surface area is 155 Å². The Morgan fingerprint density at radius 3 is 2.52 bits per heavy atom. The number of hydrogen-bond acceptors (Lipinski definition) is 6. The van der Waals surface area contributed by atoms with Gasteiger partial charge in [-0.25, -0.2) is 0 Å². The number of esters is 1. The molecule has 1 aliphatic carbocycles. The number of nitrogens with zero attached hydrogens (tertiary/aromatic N) is 2. The van der Waals surface area contributed by atoms with Crippen molar-refractivity contribution in [2.75, 3.05) is 0 Å². The van der Waals surface area contributed by atoms with Crippen LogP contribution in [0.15, 0.2) is 25.6 Å². The normalized spacial score (nSPS) is 21.3. The summed E-state index contributed by atoms with van der Waals surface area (Å²) in [5, 5.41) is 7.80. The van der Waals surface area contributed by atoms with E-state index in [0.29, 0.717) is 21.8 Å². The molecule has 25 heavy (non-hydrogen) atoms. The third-order valence-electron chi connectivity index (χ3n) is 4.87. The molecule has 2 aromatic rings. The second kappa shape index (κ2) is 7.32. The zero-order chi connectivity index (χ0) is 18.0. The molecule has 1 aliphatic rings. The first-order chi connectivity index (χ1) is 11.8. The Morgan fingerprint density at radius 1 is 1.20 bits per heavy atom. The number of halogens is 1. The molecule has 0 radical (unpaired) electrons. The predicted octanol–water partition coefficient (Wildman–Crippen LogP) is 4.99. The first-order valence-corrected chi connectivity index (χ1v) is 9.37. The molecule has 136 valence electrons. The van der Waals surface area contributed by atoms with Gasteiger partial charge in [0.25, 0.3) is 11.8 Å². The van der Waals surface area contributed by atoms with Crippen LogP contribution in [0, 0.1) is 17.3 Å². The van der Waals surface area contributed by atoms with Gasteiger partial charge in [0, 0.05) is 0 Å². The SMILES string of the molecule is CC(C)(C)C1CCC(C(=O)OCc2nnc(-c3ccc(Br)o3)o2)CC1. The highest BCUT2D eigenvalue weighted by atomic mass is 79.9. The Bertz CT molecular complexity index is 724. The van der Waals surface area contributed by atoms with Crippen LogP contribution in [0.25, 0.3) is 11.7 Å². The second-order valence-electron chi connectivity index (χ2n) is 7.63. The lowest BCUT2D eigenvalue weighted by Gasteiger charge is -2.36. The van der Waals surface area contributed by atoms with Gasteiger partial charge in [0.1, 0.15) is 0 Å². The lowest BCUT2D eigenvalue weighted by atomic mass is 9.70. The fourth-order valence-electron chi connectivity index (χ4n) is 3.29. The quantitative estimate of drug-likeness (QED) is 0.660. The minimum atomic E-state index is -0.173. The maximum absolute atomic E-state index is 12.3. The maximum Gasteiger partial charge on any atom is 0.309 e.